The highest BCUT2D eigenvalue weighted by atomic mass is 32.2. The summed E-state index contributed by atoms with van der Waals surface area (Å²) in [5, 5.41) is 6.81. The minimum Gasteiger partial charge on any atom is -0.443 e. The van der Waals surface area contributed by atoms with Gasteiger partial charge in [-0.05, 0) is 52.8 Å². The molecule has 0 aromatic carbocycles. The molecule has 0 bridgehead atoms. The van der Waals surface area contributed by atoms with Gasteiger partial charge >= 0.3 is 6.09 Å². The number of ether oxygens (including phenoxy) is 1. The quantitative estimate of drug-likeness (QED) is 0.821. The molecule has 3 rings (SSSR count). The number of carbonyl (C=O) groups excluding carboxylic acids is 2. The zero-order valence-corrected chi connectivity index (χ0v) is 17.2. The van der Waals surface area contributed by atoms with Gasteiger partial charge in [0.25, 0.3) is 5.91 Å². The Morgan fingerprint density at radius 2 is 1.89 bits per heavy atom. The first-order chi connectivity index (χ1) is 12.8. The van der Waals surface area contributed by atoms with Gasteiger partial charge in [0.1, 0.15) is 11.3 Å². The smallest absolute Gasteiger partial charge is 0.419 e. The summed E-state index contributed by atoms with van der Waals surface area (Å²) in [6.45, 7) is 8.84. The average Bonchev–Trinajstić information content (AvgIpc) is 3.05. The minimum absolute atomic E-state index is 0.112. The maximum Gasteiger partial charge on any atom is 0.419 e. The summed E-state index contributed by atoms with van der Waals surface area (Å²) in [5.74, 6) is 1.75. The Balaban J connectivity index is 1.83. The molecule has 8 heteroatoms. The lowest BCUT2D eigenvalue weighted by Gasteiger charge is -2.27. The number of hydrogen-bond donors (Lipinski definition) is 2. The van der Waals surface area contributed by atoms with Gasteiger partial charge in [0.2, 0.25) is 0 Å². The van der Waals surface area contributed by atoms with Crippen LogP contribution in [-0.4, -0.2) is 70.8 Å². The first kappa shape index (κ1) is 20.1. The summed E-state index contributed by atoms with van der Waals surface area (Å²) in [7, 11) is 0. The minimum atomic E-state index is -0.619. The van der Waals surface area contributed by atoms with E-state index in [1.54, 1.807) is 12.3 Å². The Morgan fingerprint density at radius 1 is 1.22 bits per heavy atom. The fraction of sp³-hybridized carbons (Fsp3) is 0.684. The van der Waals surface area contributed by atoms with Crippen molar-refractivity contribution in [2.75, 3.05) is 43.0 Å². The summed E-state index contributed by atoms with van der Waals surface area (Å²) in [6.07, 6.45) is 3.21. The molecule has 1 aromatic heterocycles. The van der Waals surface area contributed by atoms with E-state index in [0.29, 0.717) is 24.8 Å². The standard InChI is InChI=1S/C19H30N4O3S/c1-19(2,3)26-18(25)23-13-15(21-14-4-6-20-7-5-14)12-16(23)17(24)22-8-10-27-11-9-22/h12-14,20-21H,4-11H2,1-3H3. The molecule has 27 heavy (non-hydrogen) atoms. The summed E-state index contributed by atoms with van der Waals surface area (Å²) in [6, 6.07) is 2.13. The number of aromatic nitrogens is 1. The molecule has 150 valence electrons. The van der Waals surface area contributed by atoms with Crippen LogP contribution in [0, 0.1) is 0 Å². The molecule has 0 saturated carbocycles. The molecule has 2 fully saturated rings. The molecule has 3 heterocycles. The highest BCUT2D eigenvalue weighted by molar-refractivity contribution is 7.99. The molecule has 2 aliphatic heterocycles. The molecule has 1 amide bonds. The monoisotopic (exact) mass is 394 g/mol. The van der Waals surface area contributed by atoms with Gasteiger partial charge in [0, 0.05) is 36.8 Å². The van der Waals surface area contributed by atoms with Crippen LogP contribution in [0.15, 0.2) is 12.3 Å². The Kier molecular flexibility index (Phi) is 6.37. The molecule has 7 nitrogen and oxygen atoms in total. The van der Waals surface area contributed by atoms with Crippen molar-refractivity contribution in [2.24, 2.45) is 0 Å². The fourth-order valence-electron chi connectivity index (χ4n) is 3.30. The van der Waals surface area contributed by atoms with Gasteiger partial charge in [0.15, 0.2) is 0 Å². The Morgan fingerprint density at radius 3 is 2.52 bits per heavy atom. The van der Waals surface area contributed by atoms with Crippen LogP contribution in [0.3, 0.4) is 0 Å². The van der Waals surface area contributed by atoms with Crippen LogP contribution in [0.25, 0.3) is 0 Å². The van der Waals surface area contributed by atoms with E-state index in [4.69, 9.17) is 4.74 Å². The Hall–Kier alpha value is -1.67. The first-order valence-corrected chi connectivity index (χ1v) is 10.8. The van der Waals surface area contributed by atoms with E-state index in [9.17, 15) is 9.59 Å². The normalized spacial score (nSPS) is 19.0. The lowest BCUT2D eigenvalue weighted by Crippen LogP contribution is -2.39. The summed E-state index contributed by atoms with van der Waals surface area (Å²) < 4.78 is 6.88. The van der Waals surface area contributed by atoms with Crippen molar-refractivity contribution < 1.29 is 14.3 Å². The van der Waals surface area contributed by atoms with E-state index < -0.39 is 11.7 Å². The second kappa shape index (κ2) is 8.56. The van der Waals surface area contributed by atoms with E-state index in [1.165, 1.54) is 4.57 Å². The van der Waals surface area contributed by atoms with Crippen LogP contribution in [0.5, 0.6) is 0 Å². The van der Waals surface area contributed by atoms with Crippen LogP contribution < -0.4 is 10.6 Å². The molecule has 0 aliphatic carbocycles. The number of hydrogen-bond acceptors (Lipinski definition) is 6. The van der Waals surface area contributed by atoms with E-state index in [0.717, 1.165) is 43.1 Å². The number of thioether (sulfide) groups is 1. The maximum absolute atomic E-state index is 13.0. The molecule has 0 spiro atoms. The number of nitrogens with zero attached hydrogens (tertiary/aromatic N) is 2. The van der Waals surface area contributed by atoms with Crippen LogP contribution in [0.1, 0.15) is 44.1 Å². The second-order valence-electron chi connectivity index (χ2n) is 8.04. The van der Waals surface area contributed by atoms with Gasteiger partial charge in [-0.1, -0.05) is 0 Å². The zero-order chi connectivity index (χ0) is 19.4. The molecule has 0 radical (unpaired) electrons. The Labute approximate surface area is 165 Å². The number of piperidine rings is 1. The summed E-state index contributed by atoms with van der Waals surface area (Å²) in [5.41, 5.74) is 0.543. The summed E-state index contributed by atoms with van der Waals surface area (Å²) in [4.78, 5) is 27.6. The Bertz CT molecular complexity index is 671. The van der Waals surface area contributed by atoms with Crippen LogP contribution in [-0.2, 0) is 4.74 Å². The second-order valence-corrected chi connectivity index (χ2v) is 9.26. The number of carbonyl (C=O) groups is 2. The molecule has 2 saturated heterocycles. The topological polar surface area (TPSA) is 75.6 Å². The largest absolute Gasteiger partial charge is 0.443 e. The molecule has 0 atom stereocenters. The van der Waals surface area contributed by atoms with Crippen molar-refractivity contribution in [1.82, 2.24) is 14.8 Å². The molecule has 1 aromatic rings. The van der Waals surface area contributed by atoms with E-state index >= 15 is 0 Å². The van der Waals surface area contributed by atoms with Crippen LogP contribution >= 0.6 is 11.8 Å². The highest BCUT2D eigenvalue weighted by Gasteiger charge is 2.27. The van der Waals surface area contributed by atoms with Crippen molar-refractivity contribution in [1.29, 1.82) is 0 Å². The average molecular weight is 395 g/mol. The number of amides is 1. The molecule has 2 N–H and O–H groups in total. The van der Waals surface area contributed by atoms with Crippen LogP contribution in [0.4, 0.5) is 10.5 Å². The third-order valence-electron chi connectivity index (χ3n) is 4.64. The predicted molar refractivity (Wildman–Crippen MR) is 109 cm³/mol. The van der Waals surface area contributed by atoms with Crippen molar-refractivity contribution in [3.63, 3.8) is 0 Å². The molecule has 2 aliphatic rings. The zero-order valence-electron chi connectivity index (χ0n) is 16.4. The highest BCUT2D eigenvalue weighted by Crippen LogP contribution is 2.22. The van der Waals surface area contributed by atoms with E-state index in [1.807, 2.05) is 37.4 Å². The van der Waals surface area contributed by atoms with Gasteiger partial charge < -0.3 is 20.3 Å². The van der Waals surface area contributed by atoms with E-state index in [-0.39, 0.29) is 5.91 Å². The third-order valence-corrected chi connectivity index (χ3v) is 5.58. The maximum atomic E-state index is 13.0. The molecular formula is C19H30N4O3S. The molecular weight excluding hydrogens is 364 g/mol. The van der Waals surface area contributed by atoms with Gasteiger partial charge in [0.05, 0.1) is 5.69 Å². The number of rotatable bonds is 3. The SMILES string of the molecule is CC(C)(C)OC(=O)n1cc(NC2CCNCC2)cc1C(=O)N1CCSCC1. The van der Waals surface area contributed by atoms with Gasteiger partial charge in [-0.15, -0.1) is 0 Å². The van der Waals surface area contributed by atoms with E-state index in [2.05, 4.69) is 10.6 Å². The third kappa shape index (κ3) is 5.42. The van der Waals surface area contributed by atoms with Crippen molar-refractivity contribution in [3.05, 3.63) is 18.0 Å². The van der Waals surface area contributed by atoms with Gasteiger partial charge in [-0.25, -0.2) is 9.36 Å². The lowest BCUT2D eigenvalue weighted by molar-refractivity contribution is 0.0517. The number of anilines is 1. The van der Waals surface area contributed by atoms with Crippen molar-refractivity contribution in [3.8, 4) is 0 Å². The van der Waals surface area contributed by atoms with Crippen molar-refractivity contribution in [2.45, 2.75) is 45.3 Å². The van der Waals surface area contributed by atoms with Gasteiger partial charge in [-0.3, -0.25) is 4.79 Å². The summed E-state index contributed by atoms with van der Waals surface area (Å²) >= 11 is 1.85. The predicted octanol–water partition coefficient (Wildman–Crippen LogP) is 2.62. The lowest BCUT2D eigenvalue weighted by atomic mass is 10.1. The fourth-order valence-corrected chi connectivity index (χ4v) is 4.20. The van der Waals surface area contributed by atoms with Crippen LogP contribution in [0.2, 0.25) is 0 Å². The van der Waals surface area contributed by atoms with Crippen molar-refractivity contribution >= 4 is 29.4 Å². The van der Waals surface area contributed by atoms with Gasteiger partial charge in [-0.2, -0.15) is 11.8 Å². The molecule has 0 unspecified atom stereocenters. The first-order valence-electron chi connectivity index (χ1n) is 9.63. The number of nitrogens with one attached hydrogen (secondary N) is 2.